The number of hydrogen-bond acceptors (Lipinski definition) is 4. The molecule has 0 saturated carbocycles. The minimum absolute atomic E-state index is 0.488. The van der Waals surface area contributed by atoms with Crippen molar-refractivity contribution in [1.29, 1.82) is 0 Å². The van der Waals surface area contributed by atoms with E-state index in [-0.39, 0.29) is 0 Å². The molecule has 0 bridgehead atoms. The zero-order chi connectivity index (χ0) is 18.5. The first-order chi connectivity index (χ1) is 13.3. The lowest BCUT2D eigenvalue weighted by atomic mass is 9.95. The van der Waals surface area contributed by atoms with E-state index < -0.39 is 5.95 Å². The maximum absolute atomic E-state index is 13.5. The summed E-state index contributed by atoms with van der Waals surface area (Å²) >= 11 is 0. The van der Waals surface area contributed by atoms with E-state index in [1.54, 1.807) is 12.1 Å². The summed E-state index contributed by atoms with van der Waals surface area (Å²) in [6.07, 6.45) is 5.00. The molecule has 3 aromatic rings. The smallest absolute Gasteiger partial charge is 0.213 e. The molecule has 140 valence electrons. The van der Waals surface area contributed by atoms with E-state index in [1.165, 1.54) is 25.3 Å². The van der Waals surface area contributed by atoms with Crippen LogP contribution in [-0.2, 0) is 0 Å². The molecule has 2 N–H and O–H groups in total. The first-order valence-corrected chi connectivity index (χ1v) is 9.77. The van der Waals surface area contributed by atoms with Gasteiger partial charge in [-0.25, -0.2) is 9.97 Å². The van der Waals surface area contributed by atoms with Crippen molar-refractivity contribution in [1.82, 2.24) is 15.3 Å². The molecule has 3 heterocycles. The van der Waals surface area contributed by atoms with Crippen LogP contribution in [-0.4, -0.2) is 29.6 Å². The maximum atomic E-state index is 13.5. The van der Waals surface area contributed by atoms with Gasteiger partial charge in [0.25, 0.3) is 0 Å². The molecule has 0 aliphatic carbocycles. The van der Waals surface area contributed by atoms with Gasteiger partial charge in [-0.1, -0.05) is 24.3 Å². The third-order valence-corrected chi connectivity index (χ3v) is 5.20. The van der Waals surface area contributed by atoms with Crippen LogP contribution in [0.5, 0.6) is 0 Å². The number of rotatable bonds is 6. The van der Waals surface area contributed by atoms with E-state index in [2.05, 4.69) is 26.7 Å². The monoisotopic (exact) mass is 364 g/mol. The van der Waals surface area contributed by atoms with Crippen LogP contribution in [0.15, 0.2) is 48.5 Å². The summed E-state index contributed by atoms with van der Waals surface area (Å²) in [7, 11) is 0. The molecule has 1 aromatic carbocycles. The van der Waals surface area contributed by atoms with Crippen LogP contribution < -0.4 is 10.6 Å². The Labute approximate surface area is 159 Å². The van der Waals surface area contributed by atoms with E-state index in [4.69, 9.17) is 0 Å². The number of nitrogens with zero attached hydrogens (tertiary/aromatic N) is 2. The zero-order valence-corrected chi connectivity index (χ0v) is 15.4. The lowest BCUT2D eigenvalue weighted by molar-refractivity contribution is 0.353. The minimum atomic E-state index is -0.488. The van der Waals surface area contributed by atoms with Gasteiger partial charge in [-0.3, -0.25) is 0 Å². The lowest BCUT2D eigenvalue weighted by Crippen LogP contribution is -2.29. The Bertz CT molecular complexity index is 906. The molecule has 1 atom stereocenters. The quantitative estimate of drug-likeness (QED) is 0.495. The highest BCUT2D eigenvalue weighted by Gasteiger charge is 2.13. The molecule has 0 radical (unpaired) electrons. The van der Waals surface area contributed by atoms with Gasteiger partial charge < -0.3 is 10.6 Å². The summed E-state index contributed by atoms with van der Waals surface area (Å²) in [4.78, 5) is 8.66. The Hall–Kier alpha value is -2.53. The number of pyridine rings is 2. The van der Waals surface area contributed by atoms with Crippen molar-refractivity contribution in [2.45, 2.75) is 25.7 Å². The number of para-hydroxylation sites is 1. The van der Waals surface area contributed by atoms with E-state index in [0.717, 1.165) is 48.6 Å². The molecule has 1 unspecified atom stereocenters. The Morgan fingerprint density at radius 2 is 2.00 bits per heavy atom. The molecule has 1 fully saturated rings. The summed E-state index contributed by atoms with van der Waals surface area (Å²) in [6, 6.07) is 14.8. The minimum Gasteiger partial charge on any atom is -0.384 e. The van der Waals surface area contributed by atoms with Gasteiger partial charge >= 0.3 is 0 Å². The predicted octanol–water partition coefficient (Wildman–Crippen LogP) is 4.63. The van der Waals surface area contributed by atoms with Crippen LogP contribution in [0, 0.1) is 11.9 Å². The van der Waals surface area contributed by atoms with Gasteiger partial charge in [0, 0.05) is 17.6 Å². The highest BCUT2D eigenvalue weighted by Crippen LogP contribution is 2.28. The van der Waals surface area contributed by atoms with Crippen LogP contribution in [0.3, 0.4) is 0 Å². The Morgan fingerprint density at radius 1 is 1.07 bits per heavy atom. The largest absolute Gasteiger partial charge is 0.384 e. The molecule has 1 saturated heterocycles. The molecular formula is C22H25FN4. The van der Waals surface area contributed by atoms with Crippen molar-refractivity contribution in [2.75, 3.05) is 25.0 Å². The SMILES string of the molecule is Fc1cccc(-c2cc(NCCCC3CCCNC3)c3ccccc3n2)n1. The summed E-state index contributed by atoms with van der Waals surface area (Å²) in [5, 5.41) is 8.13. The summed E-state index contributed by atoms with van der Waals surface area (Å²) in [6.45, 7) is 3.22. The molecule has 0 amide bonds. The first kappa shape index (κ1) is 17.9. The fraction of sp³-hybridized carbons (Fsp3) is 0.364. The number of hydrogen-bond donors (Lipinski definition) is 2. The topological polar surface area (TPSA) is 49.8 Å². The molecule has 1 aliphatic rings. The van der Waals surface area contributed by atoms with Crippen molar-refractivity contribution >= 4 is 16.6 Å². The van der Waals surface area contributed by atoms with Gasteiger partial charge in [-0.15, -0.1) is 0 Å². The van der Waals surface area contributed by atoms with Crippen molar-refractivity contribution in [2.24, 2.45) is 5.92 Å². The second-order valence-electron chi connectivity index (χ2n) is 7.20. The molecule has 27 heavy (non-hydrogen) atoms. The maximum Gasteiger partial charge on any atom is 0.213 e. The number of piperidine rings is 1. The normalized spacial score (nSPS) is 17.1. The molecule has 5 heteroatoms. The number of fused-ring (bicyclic) bond motifs is 1. The van der Waals surface area contributed by atoms with Crippen LogP contribution in [0.4, 0.5) is 10.1 Å². The Balaban J connectivity index is 1.51. The molecule has 1 aliphatic heterocycles. The number of aromatic nitrogens is 2. The van der Waals surface area contributed by atoms with Gasteiger partial charge in [0.15, 0.2) is 0 Å². The number of benzene rings is 1. The summed E-state index contributed by atoms with van der Waals surface area (Å²) in [5.74, 6) is 0.305. The Morgan fingerprint density at radius 3 is 2.85 bits per heavy atom. The molecule has 2 aromatic heterocycles. The van der Waals surface area contributed by atoms with Gasteiger partial charge in [-0.2, -0.15) is 4.39 Å². The molecular weight excluding hydrogens is 339 g/mol. The van der Waals surface area contributed by atoms with E-state index in [9.17, 15) is 4.39 Å². The van der Waals surface area contributed by atoms with Crippen LogP contribution in [0.25, 0.3) is 22.3 Å². The van der Waals surface area contributed by atoms with Crippen molar-refractivity contribution < 1.29 is 4.39 Å². The second kappa shape index (κ2) is 8.44. The van der Waals surface area contributed by atoms with E-state index in [1.807, 2.05) is 24.3 Å². The third kappa shape index (κ3) is 4.42. The van der Waals surface area contributed by atoms with Crippen LogP contribution in [0.1, 0.15) is 25.7 Å². The van der Waals surface area contributed by atoms with Gasteiger partial charge in [0.1, 0.15) is 0 Å². The summed E-state index contributed by atoms with van der Waals surface area (Å²) in [5.41, 5.74) is 3.16. The lowest BCUT2D eigenvalue weighted by Gasteiger charge is -2.22. The average molecular weight is 364 g/mol. The number of nitrogens with one attached hydrogen (secondary N) is 2. The Kier molecular flexibility index (Phi) is 5.58. The van der Waals surface area contributed by atoms with Crippen molar-refractivity contribution in [3.63, 3.8) is 0 Å². The number of halogens is 1. The van der Waals surface area contributed by atoms with Gasteiger partial charge in [0.05, 0.1) is 16.9 Å². The second-order valence-corrected chi connectivity index (χ2v) is 7.20. The first-order valence-electron chi connectivity index (χ1n) is 9.77. The molecule has 4 nitrogen and oxygen atoms in total. The van der Waals surface area contributed by atoms with Crippen molar-refractivity contribution in [3.05, 3.63) is 54.5 Å². The van der Waals surface area contributed by atoms with Gasteiger partial charge in [0.2, 0.25) is 5.95 Å². The van der Waals surface area contributed by atoms with Crippen LogP contribution in [0.2, 0.25) is 0 Å². The average Bonchev–Trinajstić information content (AvgIpc) is 2.71. The van der Waals surface area contributed by atoms with Gasteiger partial charge in [-0.05, 0) is 69.0 Å². The third-order valence-electron chi connectivity index (χ3n) is 5.20. The summed E-state index contributed by atoms with van der Waals surface area (Å²) < 4.78 is 13.5. The fourth-order valence-corrected chi connectivity index (χ4v) is 3.79. The fourth-order valence-electron chi connectivity index (χ4n) is 3.79. The number of anilines is 1. The predicted molar refractivity (Wildman–Crippen MR) is 108 cm³/mol. The standard InChI is InChI=1S/C22H25FN4/c23-22-11-3-10-19(27-22)21-14-20(17-8-1-2-9-18(17)26-21)25-13-5-7-16-6-4-12-24-15-16/h1-3,8-11,14,16,24H,4-7,12-13,15H2,(H,25,26). The molecule has 0 spiro atoms. The molecule has 4 rings (SSSR count). The highest BCUT2D eigenvalue weighted by atomic mass is 19.1. The zero-order valence-electron chi connectivity index (χ0n) is 15.4. The highest BCUT2D eigenvalue weighted by molar-refractivity contribution is 5.93. The van der Waals surface area contributed by atoms with E-state index in [0.29, 0.717) is 11.4 Å². The van der Waals surface area contributed by atoms with Crippen molar-refractivity contribution in [3.8, 4) is 11.4 Å². The van der Waals surface area contributed by atoms with E-state index >= 15 is 0 Å². The van der Waals surface area contributed by atoms with Crippen LogP contribution >= 0.6 is 0 Å².